The van der Waals surface area contributed by atoms with E-state index in [1.807, 2.05) is 0 Å². The van der Waals surface area contributed by atoms with Gasteiger partial charge in [-0.3, -0.25) is 0 Å². The van der Waals surface area contributed by atoms with Crippen LogP contribution in [0.25, 0.3) is 0 Å². The molecule has 0 saturated heterocycles. The number of carboxylic acids is 2. The van der Waals surface area contributed by atoms with Crippen LogP contribution in [0.4, 0.5) is 0 Å². The minimum absolute atomic E-state index is 0. The zero-order valence-corrected chi connectivity index (χ0v) is 28.9. The standard InChI is InChI=1S/2C18H34O2.Se/c2*1-2-3-4-5-6-7-8-9-10-11-12-13-14-15-16-17-18(19)20;/h2*9-10H,2-8,11-17H2,1H3,(H,19,20);/q;;+2/p-2/b2*10-9-;. The first kappa shape index (κ1) is 44.4. The number of unbranched alkanes of at least 4 members (excludes halogenated alkanes) is 22. The summed E-state index contributed by atoms with van der Waals surface area (Å²) in [5.74, 6) is -1.83. The Morgan fingerprint density at radius 2 is 0.610 bits per heavy atom. The van der Waals surface area contributed by atoms with Crippen molar-refractivity contribution in [2.75, 3.05) is 0 Å². The maximum atomic E-state index is 10.2. The predicted molar refractivity (Wildman–Crippen MR) is 175 cm³/mol. The number of carbonyl (C=O) groups is 2. The van der Waals surface area contributed by atoms with Crippen LogP contribution in [0.15, 0.2) is 24.3 Å². The first-order chi connectivity index (χ1) is 19.5. The minimum Gasteiger partial charge on any atom is -0.550 e. The van der Waals surface area contributed by atoms with Gasteiger partial charge in [-0.05, 0) is 77.0 Å². The van der Waals surface area contributed by atoms with Crippen molar-refractivity contribution in [3.63, 3.8) is 0 Å². The Bertz CT molecular complexity index is 524. The number of hydrogen-bond donors (Lipinski definition) is 0. The van der Waals surface area contributed by atoms with Gasteiger partial charge < -0.3 is 19.8 Å². The molecule has 4 radical (unpaired) electrons. The van der Waals surface area contributed by atoms with Crippen molar-refractivity contribution in [2.24, 2.45) is 0 Å². The summed E-state index contributed by atoms with van der Waals surface area (Å²) in [6.07, 6.45) is 41.8. The second-order valence-corrected chi connectivity index (χ2v) is 11.4. The Morgan fingerprint density at radius 1 is 0.390 bits per heavy atom. The number of aliphatic carboxylic acids is 2. The summed E-state index contributed by atoms with van der Waals surface area (Å²) in [5, 5.41) is 20.4. The van der Waals surface area contributed by atoms with Gasteiger partial charge in [0.2, 0.25) is 0 Å². The molecular formula is C36H66O4Se. The van der Waals surface area contributed by atoms with Crippen LogP contribution < -0.4 is 10.2 Å². The molecule has 0 N–H and O–H groups in total. The molecule has 5 heteroatoms. The van der Waals surface area contributed by atoms with Crippen molar-refractivity contribution < 1.29 is 19.8 Å². The van der Waals surface area contributed by atoms with Gasteiger partial charge in [0.15, 0.2) is 0 Å². The average molecular weight is 642 g/mol. The number of carboxylic acid groups (broad SMARTS) is 2. The van der Waals surface area contributed by atoms with E-state index in [2.05, 4.69) is 38.2 Å². The molecule has 0 aromatic carbocycles. The summed E-state index contributed by atoms with van der Waals surface area (Å²) in [4.78, 5) is 20.4. The Morgan fingerprint density at radius 3 is 0.854 bits per heavy atom. The van der Waals surface area contributed by atoms with Crippen molar-refractivity contribution in [3.8, 4) is 0 Å². The van der Waals surface area contributed by atoms with Crippen LogP contribution in [0.5, 0.6) is 0 Å². The zero-order valence-electron chi connectivity index (χ0n) is 27.1. The molecule has 0 unspecified atom stereocenters. The number of hydrogen-bond acceptors (Lipinski definition) is 4. The molecule has 0 aromatic rings. The molecule has 0 aromatic heterocycles. The molecule has 0 aliphatic rings. The Kier molecular flexibility index (Phi) is 44.5. The second kappa shape index (κ2) is 41.1. The van der Waals surface area contributed by atoms with E-state index in [0.717, 1.165) is 38.5 Å². The van der Waals surface area contributed by atoms with E-state index in [1.54, 1.807) is 0 Å². The van der Waals surface area contributed by atoms with E-state index < -0.39 is 11.9 Å². The normalized spacial score (nSPS) is 11.0. The van der Waals surface area contributed by atoms with Crippen LogP contribution in [0.2, 0.25) is 0 Å². The molecule has 0 heterocycles. The van der Waals surface area contributed by atoms with Crippen LogP contribution >= 0.6 is 0 Å². The van der Waals surface area contributed by atoms with Crippen molar-refractivity contribution in [1.82, 2.24) is 0 Å². The average Bonchev–Trinajstić information content (AvgIpc) is 2.93. The number of carbonyl (C=O) groups excluding carboxylic acids is 2. The number of rotatable bonds is 30. The maximum absolute atomic E-state index is 10.2. The molecule has 0 aliphatic heterocycles. The van der Waals surface area contributed by atoms with Crippen LogP contribution in [0.3, 0.4) is 0 Å². The SMILES string of the molecule is CCCCCCCC/C=C\CCCCCCCC(=O)[O-].CCCCCCCC/C=C\CCCCCCCC(=O)[O-].[Se+2]. The molecule has 41 heavy (non-hydrogen) atoms. The molecular weight excluding hydrogens is 575 g/mol. The van der Waals surface area contributed by atoms with Crippen molar-refractivity contribution in [3.05, 3.63) is 24.3 Å². The summed E-state index contributed by atoms with van der Waals surface area (Å²) in [5.41, 5.74) is 0. The van der Waals surface area contributed by atoms with Gasteiger partial charge in [-0.1, -0.05) is 141 Å². The topological polar surface area (TPSA) is 80.3 Å². The zero-order chi connectivity index (χ0) is 29.8. The summed E-state index contributed by atoms with van der Waals surface area (Å²) in [6.45, 7) is 4.51. The van der Waals surface area contributed by atoms with Gasteiger partial charge in [-0.15, -0.1) is 0 Å². The molecule has 0 atom stereocenters. The summed E-state index contributed by atoms with van der Waals surface area (Å²) < 4.78 is 0. The first-order valence-electron chi connectivity index (χ1n) is 17.2. The Balaban J connectivity index is -0.000000688. The maximum Gasteiger partial charge on any atom is 2.00 e. The minimum atomic E-state index is -0.914. The van der Waals surface area contributed by atoms with Gasteiger partial charge in [0.05, 0.1) is 0 Å². The van der Waals surface area contributed by atoms with E-state index in [-0.39, 0.29) is 29.9 Å². The van der Waals surface area contributed by atoms with E-state index in [1.165, 1.54) is 128 Å². The van der Waals surface area contributed by atoms with Crippen molar-refractivity contribution >= 4 is 29.0 Å². The molecule has 0 spiro atoms. The van der Waals surface area contributed by atoms with Crippen molar-refractivity contribution in [1.29, 1.82) is 0 Å². The summed E-state index contributed by atoms with van der Waals surface area (Å²) in [7, 11) is 0. The molecule has 0 rings (SSSR count). The third-order valence-electron chi connectivity index (χ3n) is 7.29. The number of allylic oxidation sites excluding steroid dienone is 4. The van der Waals surface area contributed by atoms with Crippen LogP contribution in [-0.2, 0) is 9.59 Å². The fraction of sp³-hybridized carbons (Fsp3) is 0.833. The van der Waals surface area contributed by atoms with E-state index >= 15 is 0 Å². The Hall–Kier alpha value is -1.06. The van der Waals surface area contributed by atoms with Gasteiger partial charge in [-0.2, -0.15) is 0 Å². The predicted octanol–water partition coefficient (Wildman–Crippen LogP) is 9.17. The Labute approximate surface area is 266 Å². The van der Waals surface area contributed by atoms with Gasteiger partial charge in [0, 0.05) is 11.9 Å². The quantitative estimate of drug-likeness (QED) is 0.0445. The first-order valence-corrected chi connectivity index (χ1v) is 17.2. The smallest absolute Gasteiger partial charge is 0.550 e. The molecule has 0 fully saturated rings. The molecule has 0 amide bonds. The molecule has 4 nitrogen and oxygen atoms in total. The van der Waals surface area contributed by atoms with Gasteiger partial charge in [-0.25, -0.2) is 0 Å². The third-order valence-corrected chi connectivity index (χ3v) is 7.29. The molecule has 0 bridgehead atoms. The fourth-order valence-electron chi connectivity index (χ4n) is 4.68. The van der Waals surface area contributed by atoms with E-state index in [4.69, 9.17) is 0 Å². The van der Waals surface area contributed by atoms with Gasteiger partial charge in [0.1, 0.15) is 0 Å². The van der Waals surface area contributed by atoms with E-state index in [0.29, 0.717) is 0 Å². The van der Waals surface area contributed by atoms with E-state index in [9.17, 15) is 19.8 Å². The largest absolute Gasteiger partial charge is 2.00 e. The summed E-state index contributed by atoms with van der Waals surface area (Å²) >= 11 is 0. The van der Waals surface area contributed by atoms with Crippen LogP contribution in [0, 0.1) is 0 Å². The third kappa shape index (κ3) is 49.0. The van der Waals surface area contributed by atoms with Gasteiger partial charge >= 0.3 is 17.1 Å². The molecule has 0 aliphatic carbocycles. The second-order valence-electron chi connectivity index (χ2n) is 11.4. The molecule has 240 valence electrons. The molecule has 0 saturated carbocycles. The van der Waals surface area contributed by atoms with Crippen molar-refractivity contribution in [2.45, 2.75) is 194 Å². The van der Waals surface area contributed by atoms with Gasteiger partial charge in [0.25, 0.3) is 0 Å². The fourth-order valence-corrected chi connectivity index (χ4v) is 4.68. The van der Waals surface area contributed by atoms with Crippen LogP contribution in [-0.4, -0.2) is 29.0 Å². The van der Waals surface area contributed by atoms with Crippen LogP contribution in [0.1, 0.15) is 194 Å². The monoisotopic (exact) mass is 642 g/mol. The summed E-state index contributed by atoms with van der Waals surface area (Å²) in [6, 6.07) is 0.